The van der Waals surface area contributed by atoms with Crippen molar-refractivity contribution >= 4 is 10.0 Å². The molecule has 0 aliphatic rings. The molecule has 1 aromatic heterocycles. The van der Waals surface area contributed by atoms with Gasteiger partial charge in [-0.1, -0.05) is 0 Å². The van der Waals surface area contributed by atoms with E-state index in [9.17, 15) is 8.42 Å². The Kier molecular flexibility index (Phi) is 3.76. The SMILES string of the molecule is Cc1cnc(CCC(C)S(N)(=O)=O)cn1. The van der Waals surface area contributed by atoms with E-state index in [4.69, 9.17) is 5.14 Å². The average Bonchev–Trinajstić information content (AvgIpc) is 2.15. The number of sulfonamides is 1. The lowest BCUT2D eigenvalue weighted by Crippen LogP contribution is -2.26. The first-order valence-electron chi connectivity index (χ1n) is 4.68. The molecular formula is C9H15N3O2S. The van der Waals surface area contributed by atoms with E-state index in [0.717, 1.165) is 11.4 Å². The van der Waals surface area contributed by atoms with Gasteiger partial charge in [0.2, 0.25) is 10.0 Å². The molecule has 84 valence electrons. The fourth-order valence-corrected chi connectivity index (χ4v) is 1.51. The minimum Gasteiger partial charge on any atom is -0.258 e. The molecule has 0 saturated carbocycles. The van der Waals surface area contributed by atoms with Crippen molar-refractivity contribution in [3.8, 4) is 0 Å². The Labute approximate surface area is 89.8 Å². The smallest absolute Gasteiger partial charge is 0.211 e. The molecule has 0 amide bonds. The van der Waals surface area contributed by atoms with E-state index in [1.807, 2.05) is 6.92 Å². The lowest BCUT2D eigenvalue weighted by Gasteiger charge is -2.07. The molecule has 15 heavy (non-hydrogen) atoms. The highest BCUT2D eigenvalue weighted by atomic mass is 32.2. The summed E-state index contributed by atoms with van der Waals surface area (Å²) in [6.07, 6.45) is 4.36. The van der Waals surface area contributed by atoms with E-state index in [0.29, 0.717) is 12.8 Å². The standard InChI is InChI=1S/C9H15N3O2S/c1-7-5-12-9(6-11-7)4-3-8(2)15(10,13)14/h5-6,8H,3-4H2,1-2H3,(H2,10,13,14). The van der Waals surface area contributed by atoms with Crippen LogP contribution in [0.25, 0.3) is 0 Å². The Bertz CT molecular complexity index is 413. The van der Waals surface area contributed by atoms with Crippen molar-refractivity contribution < 1.29 is 8.42 Å². The van der Waals surface area contributed by atoms with Crippen molar-refractivity contribution in [2.24, 2.45) is 5.14 Å². The van der Waals surface area contributed by atoms with Gasteiger partial charge in [0.05, 0.1) is 16.6 Å². The molecule has 0 aliphatic carbocycles. The van der Waals surface area contributed by atoms with Gasteiger partial charge in [-0.2, -0.15) is 0 Å². The molecule has 0 spiro atoms. The zero-order chi connectivity index (χ0) is 11.5. The van der Waals surface area contributed by atoms with Crippen LogP contribution in [-0.4, -0.2) is 23.6 Å². The Morgan fingerprint density at radius 1 is 1.40 bits per heavy atom. The normalized spacial score (nSPS) is 13.8. The fourth-order valence-electron chi connectivity index (χ4n) is 1.06. The highest BCUT2D eigenvalue weighted by Gasteiger charge is 2.15. The van der Waals surface area contributed by atoms with Gasteiger partial charge < -0.3 is 0 Å². The maximum absolute atomic E-state index is 10.9. The zero-order valence-electron chi connectivity index (χ0n) is 8.84. The molecule has 1 aromatic rings. The Morgan fingerprint density at radius 3 is 2.53 bits per heavy atom. The van der Waals surface area contributed by atoms with Crippen molar-refractivity contribution in [3.63, 3.8) is 0 Å². The summed E-state index contributed by atoms with van der Waals surface area (Å²) in [6.45, 7) is 3.45. The van der Waals surface area contributed by atoms with Gasteiger partial charge in [0.25, 0.3) is 0 Å². The van der Waals surface area contributed by atoms with Crippen LogP contribution in [-0.2, 0) is 16.4 Å². The Balaban J connectivity index is 2.55. The molecule has 1 unspecified atom stereocenters. The van der Waals surface area contributed by atoms with Gasteiger partial charge in [0.15, 0.2) is 0 Å². The average molecular weight is 229 g/mol. The molecule has 0 aromatic carbocycles. The van der Waals surface area contributed by atoms with Crippen molar-refractivity contribution in [1.29, 1.82) is 0 Å². The van der Waals surface area contributed by atoms with E-state index >= 15 is 0 Å². The highest BCUT2D eigenvalue weighted by Crippen LogP contribution is 2.06. The number of hydrogen-bond acceptors (Lipinski definition) is 4. The lowest BCUT2D eigenvalue weighted by atomic mass is 10.2. The van der Waals surface area contributed by atoms with Gasteiger partial charge in [0.1, 0.15) is 0 Å². The quantitative estimate of drug-likeness (QED) is 0.809. The minimum atomic E-state index is -3.43. The molecule has 2 N–H and O–H groups in total. The molecule has 0 fully saturated rings. The third-order valence-electron chi connectivity index (χ3n) is 2.20. The van der Waals surface area contributed by atoms with Crippen LogP contribution < -0.4 is 5.14 Å². The van der Waals surface area contributed by atoms with Gasteiger partial charge >= 0.3 is 0 Å². The summed E-state index contributed by atoms with van der Waals surface area (Å²) in [7, 11) is -3.43. The fraction of sp³-hybridized carbons (Fsp3) is 0.556. The summed E-state index contributed by atoms with van der Waals surface area (Å²) < 4.78 is 21.9. The third-order valence-corrected chi connectivity index (χ3v) is 3.56. The predicted molar refractivity (Wildman–Crippen MR) is 57.7 cm³/mol. The second-order valence-corrected chi connectivity index (χ2v) is 5.57. The van der Waals surface area contributed by atoms with Crippen LogP contribution >= 0.6 is 0 Å². The predicted octanol–water partition coefficient (Wildman–Crippen LogP) is 0.395. The van der Waals surface area contributed by atoms with Crippen molar-refractivity contribution in [2.45, 2.75) is 31.9 Å². The Hall–Kier alpha value is -1.01. The van der Waals surface area contributed by atoms with Gasteiger partial charge in [-0.05, 0) is 26.7 Å². The topological polar surface area (TPSA) is 85.9 Å². The van der Waals surface area contributed by atoms with Crippen molar-refractivity contribution in [2.75, 3.05) is 0 Å². The molecule has 1 atom stereocenters. The van der Waals surface area contributed by atoms with E-state index in [1.165, 1.54) is 0 Å². The molecule has 0 bridgehead atoms. The van der Waals surface area contributed by atoms with Crippen LogP contribution in [0.4, 0.5) is 0 Å². The van der Waals surface area contributed by atoms with Crippen molar-refractivity contribution in [3.05, 3.63) is 23.8 Å². The maximum atomic E-state index is 10.9. The van der Waals surface area contributed by atoms with Crippen LogP contribution in [0.15, 0.2) is 12.4 Å². The summed E-state index contributed by atoms with van der Waals surface area (Å²) >= 11 is 0. The van der Waals surface area contributed by atoms with Gasteiger partial charge in [-0.25, -0.2) is 13.6 Å². The summed E-state index contributed by atoms with van der Waals surface area (Å²) in [5.41, 5.74) is 1.63. The van der Waals surface area contributed by atoms with Gasteiger partial charge in [-0.3, -0.25) is 9.97 Å². The second-order valence-electron chi connectivity index (χ2n) is 3.59. The monoisotopic (exact) mass is 229 g/mol. The van der Waals surface area contributed by atoms with Crippen LogP contribution in [0, 0.1) is 6.92 Å². The van der Waals surface area contributed by atoms with E-state index in [1.54, 1.807) is 19.3 Å². The molecule has 0 saturated heterocycles. The number of nitrogens with zero attached hydrogens (tertiary/aromatic N) is 2. The van der Waals surface area contributed by atoms with Gasteiger partial charge in [0, 0.05) is 12.4 Å². The zero-order valence-corrected chi connectivity index (χ0v) is 9.66. The van der Waals surface area contributed by atoms with Crippen LogP contribution in [0.3, 0.4) is 0 Å². The number of aryl methyl sites for hydroxylation is 2. The summed E-state index contributed by atoms with van der Waals surface area (Å²) in [5.74, 6) is 0. The number of aromatic nitrogens is 2. The lowest BCUT2D eigenvalue weighted by molar-refractivity contribution is 0.578. The van der Waals surface area contributed by atoms with Crippen LogP contribution in [0.5, 0.6) is 0 Å². The maximum Gasteiger partial charge on any atom is 0.211 e. The number of primary sulfonamides is 1. The first kappa shape index (κ1) is 12.1. The molecule has 5 nitrogen and oxygen atoms in total. The van der Waals surface area contributed by atoms with Crippen molar-refractivity contribution in [1.82, 2.24) is 9.97 Å². The number of rotatable bonds is 4. The summed E-state index contributed by atoms with van der Waals surface area (Å²) in [4.78, 5) is 8.21. The Morgan fingerprint density at radius 2 is 2.07 bits per heavy atom. The third kappa shape index (κ3) is 3.93. The van der Waals surface area contributed by atoms with E-state index < -0.39 is 15.3 Å². The summed E-state index contributed by atoms with van der Waals surface area (Å²) in [5, 5.41) is 4.46. The summed E-state index contributed by atoms with van der Waals surface area (Å²) in [6, 6.07) is 0. The molecule has 1 rings (SSSR count). The minimum absolute atomic E-state index is 0.469. The van der Waals surface area contributed by atoms with Crippen LogP contribution in [0.2, 0.25) is 0 Å². The van der Waals surface area contributed by atoms with E-state index in [2.05, 4.69) is 9.97 Å². The number of hydrogen-bond donors (Lipinski definition) is 1. The number of nitrogens with two attached hydrogens (primary N) is 1. The molecular weight excluding hydrogens is 214 g/mol. The van der Waals surface area contributed by atoms with E-state index in [-0.39, 0.29) is 0 Å². The molecule has 0 aliphatic heterocycles. The van der Waals surface area contributed by atoms with Gasteiger partial charge in [-0.15, -0.1) is 0 Å². The largest absolute Gasteiger partial charge is 0.258 e. The van der Waals surface area contributed by atoms with Crippen LogP contribution in [0.1, 0.15) is 24.7 Å². The molecule has 0 radical (unpaired) electrons. The molecule has 1 heterocycles. The molecule has 6 heteroatoms. The first-order chi connectivity index (χ1) is 6.89. The highest BCUT2D eigenvalue weighted by molar-refractivity contribution is 7.89. The second kappa shape index (κ2) is 4.67. The first-order valence-corrected chi connectivity index (χ1v) is 6.29.